The Labute approximate surface area is 313 Å². The van der Waals surface area contributed by atoms with Crippen LogP contribution in [-0.2, 0) is 31.7 Å². The van der Waals surface area contributed by atoms with Gasteiger partial charge in [-0.25, -0.2) is 0 Å². The van der Waals surface area contributed by atoms with E-state index in [1.165, 1.54) is 28.8 Å². The second-order valence-corrected chi connectivity index (χ2v) is 14.5. The molecule has 0 saturated carbocycles. The van der Waals surface area contributed by atoms with E-state index < -0.39 is 11.7 Å². The number of aliphatic hydroxyl groups is 1. The van der Waals surface area contributed by atoms with Gasteiger partial charge in [0.25, 0.3) is 0 Å². The molecule has 0 spiro atoms. The first-order chi connectivity index (χ1) is 23.5. The molecule has 7 heteroatoms. The van der Waals surface area contributed by atoms with Crippen LogP contribution in [0.15, 0.2) is 90.8 Å². The number of rotatable bonds is 8. The zero-order valence-electron chi connectivity index (χ0n) is 30.7. The van der Waals surface area contributed by atoms with Gasteiger partial charge in [-0.15, -0.1) is 29.3 Å². The summed E-state index contributed by atoms with van der Waals surface area (Å²) in [7, 11) is 0. The molecule has 51 heavy (non-hydrogen) atoms. The largest absolute Gasteiger partial charge is 0.511 e. The monoisotopic (exact) mass is 872 g/mol. The molecule has 0 amide bonds. The number of benzene rings is 4. The molecule has 1 heterocycles. The number of halogens is 3. The Morgan fingerprint density at radius 1 is 0.804 bits per heavy atom. The average molecular weight is 872 g/mol. The van der Waals surface area contributed by atoms with Crippen LogP contribution in [-0.4, -0.2) is 20.7 Å². The molecule has 0 unspecified atom stereocenters. The molecule has 0 saturated heterocycles. The van der Waals surface area contributed by atoms with Gasteiger partial charge in [0.05, 0.1) is 17.1 Å². The number of hydrogen-bond donors (Lipinski definition) is 1. The zero-order valence-corrected chi connectivity index (χ0v) is 33.1. The first kappa shape index (κ1) is 40.0. The summed E-state index contributed by atoms with van der Waals surface area (Å²) in [6.45, 7) is 16.7. The summed E-state index contributed by atoms with van der Waals surface area (Å²) in [5, 5.41) is 13.1. The summed E-state index contributed by atoms with van der Waals surface area (Å²) in [6.07, 6.45) is 2.32. The van der Waals surface area contributed by atoms with Crippen LogP contribution in [0.1, 0.15) is 97.8 Å². The van der Waals surface area contributed by atoms with Crippen LogP contribution >= 0.6 is 0 Å². The van der Waals surface area contributed by atoms with Gasteiger partial charge in [0, 0.05) is 31.7 Å². The van der Waals surface area contributed by atoms with Crippen molar-refractivity contribution in [1.29, 1.82) is 0 Å². The molecule has 271 valence electrons. The summed E-state index contributed by atoms with van der Waals surface area (Å²) in [6, 6.07) is 25.4. The number of hydrogen-bond acceptors (Lipinski definition) is 2. The fourth-order valence-corrected chi connectivity index (χ4v) is 6.85. The maximum absolute atomic E-state index is 13.4. The van der Waals surface area contributed by atoms with Gasteiger partial charge < -0.3 is 10.1 Å². The van der Waals surface area contributed by atoms with Crippen molar-refractivity contribution in [3.05, 3.63) is 114 Å². The normalized spacial score (nSPS) is 14.0. The molecule has 1 aromatic heterocycles. The van der Waals surface area contributed by atoms with E-state index in [0.29, 0.717) is 16.9 Å². The van der Waals surface area contributed by atoms with Crippen molar-refractivity contribution in [2.75, 3.05) is 0 Å². The number of ketones is 1. The van der Waals surface area contributed by atoms with Gasteiger partial charge in [-0.3, -0.25) is 4.79 Å². The SMILES string of the molecule is CC1(C)c2c[c-]c(-c3nccc4c3ccc3ccc(C(F)(F)F)cc34)cc2-c2ccccc21.CCC(C)(CC)C(=[OH+])/C=C(\O)C(C)(CC)CC.[Ir]. The first-order valence-corrected chi connectivity index (χ1v) is 17.6. The molecule has 1 aliphatic carbocycles. The van der Waals surface area contributed by atoms with Gasteiger partial charge in [0.15, 0.2) is 0 Å². The van der Waals surface area contributed by atoms with Crippen molar-refractivity contribution in [3.8, 4) is 22.4 Å². The van der Waals surface area contributed by atoms with Crippen LogP contribution in [0.2, 0.25) is 0 Å². The molecule has 0 aliphatic heterocycles. The summed E-state index contributed by atoms with van der Waals surface area (Å²) in [5.41, 5.74) is 5.19. The fourth-order valence-electron chi connectivity index (χ4n) is 6.85. The third kappa shape index (κ3) is 7.43. The number of fused-ring (bicyclic) bond motifs is 6. The van der Waals surface area contributed by atoms with E-state index >= 15 is 0 Å². The smallest absolute Gasteiger partial charge is 0.416 e. The predicted molar refractivity (Wildman–Crippen MR) is 201 cm³/mol. The Kier molecular flexibility index (Phi) is 11.8. The summed E-state index contributed by atoms with van der Waals surface area (Å²) in [4.78, 5) is 14.8. The van der Waals surface area contributed by atoms with Gasteiger partial charge in [0.2, 0.25) is 0 Å². The minimum absolute atomic E-state index is 0. The number of alkyl halides is 3. The quantitative estimate of drug-likeness (QED) is 0.0555. The van der Waals surface area contributed by atoms with Crippen LogP contribution in [0.5, 0.6) is 0 Å². The molecular weight excluding hydrogens is 824 g/mol. The Hall–Kier alpha value is -3.80. The molecule has 5 aromatic rings. The topological polar surface area (TPSA) is 54.5 Å². The molecule has 0 atom stereocenters. The van der Waals surface area contributed by atoms with E-state index in [9.17, 15) is 23.1 Å². The van der Waals surface area contributed by atoms with Gasteiger partial charge in [0.1, 0.15) is 5.76 Å². The van der Waals surface area contributed by atoms with Crippen molar-refractivity contribution in [2.45, 2.75) is 92.7 Å². The average Bonchev–Trinajstić information content (AvgIpc) is 3.35. The minimum atomic E-state index is -4.39. The number of carbonyl (C=O) groups excluding carboxylic acids is 1. The van der Waals surface area contributed by atoms with E-state index in [-0.39, 0.29) is 36.4 Å². The summed E-state index contributed by atoms with van der Waals surface area (Å²) >= 11 is 0. The Morgan fingerprint density at radius 2 is 1.43 bits per heavy atom. The molecule has 1 aliphatic rings. The van der Waals surface area contributed by atoms with Crippen molar-refractivity contribution >= 4 is 27.3 Å². The number of aromatic nitrogens is 1. The van der Waals surface area contributed by atoms with Crippen LogP contribution in [0.4, 0.5) is 13.2 Å². The van der Waals surface area contributed by atoms with Crippen LogP contribution in [0.25, 0.3) is 43.9 Å². The molecule has 6 rings (SSSR count). The number of pyridine rings is 1. The van der Waals surface area contributed by atoms with Crippen molar-refractivity contribution in [2.24, 2.45) is 10.8 Å². The van der Waals surface area contributed by atoms with Gasteiger partial charge in [-0.1, -0.05) is 96.5 Å². The van der Waals surface area contributed by atoms with Crippen LogP contribution in [0, 0.1) is 16.9 Å². The molecule has 3 nitrogen and oxygen atoms in total. The number of aliphatic hydroxyl groups excluding tert-OH is 1. The zero-order chi connectivity index (χ0) is 36.6. The third-order valence-electron chi connectivity index (χ3n) is 11.5. The minimum Gasteiger partial charge on any atom is -0.511 e. The predicted octanol–water partition coefficient (Wildman–Crippen LogP) is 12.8. The second-order valence-electron chi connectivity index (χ2n) is 14.5. The standard InChI is InChI=1S/C29H19F3N.C15H28O2.Ir/c1-28(2)25-6-4-3-5-21(25)24-15-18(9-12-26(24)28)27-22-11-8-17-7-10-19(29(30,31)32)16-23(17)20(22)13-14-33-27;1-7-14(5,8-2)12(16)11-13(17)15(6,9-3)10-4;/h3-8,10-16H,1-2H3;11,16H,7-10H2,1-6H3;/q-1;;/p+1/b;12-11-;. The molecule has 4 aromatic carbocycles. The summed E-state index contributed by atoms with van der Waals surface area (Å²) < 4.78 is 40.1. The fraction of sp³-hybridized carbons (Fsp3) is 0.364. The maximum Gasteiger partial charge on any atom is 0.416 e. The van der Waals surface area contributed by atoms with Crippen molar-refractivity contribution < 1.29 is 43.2 Å². The van der Waals surface area contributed by atoms with Crippen LogP contribution in [0.3, 0.4) is 0 Å². The second kappa shape index (κ2) is 15.0. The van der Waals surface area contributed by atoms with Gasteiger partial charge in [-0.2, -0.15) is 13.2 Å². The van der Waals surface area contributed by atoms with Gasteiger partial charge in [-0.05, 0) is 94.6 Å². The van der Waals surface area contributed by atoms with E-state index in [0.717, 1.165) is 64.7 Å². The van der Waals surface area contributed by atoms with Crippen molar-refractivity contribution in [3.63, 3.8) is 0 Å². The van der Waals surface area contributed by atoms with E-state index in [4.69, 9.17) is 0 Å². The number of allylic oxidation sites excluding steroid dienone is 2. The maximum atomic E-state index is 13.4. The Bertz CT molecular complexity index is 2090. The molecule has 2 N–H and O–H groups in total. The van der Waals surface area contributed by atoms with Crippen LogP contribution < -0.4 is 0 Å². The molecule has 0 bridgehead atoms. The van der Waals surface area contributed by atoms with Crippen molar-refractivity contribution in [1.82, 2.24) is 4.98 Å². The van der Waals surface area contributed by atoms with E-state index in [1.54, 1.807) is 18.3 Å². The molecule has 1 radical (unpaired) electrons. The molecular formula is C44H48F3IrNO2. The third-order valence-corrected chi connectivity index (χ3v) is 11.5. The Morgan fingerprint density at radius 3 is 2.06 bits per heavy atom. The number of nitrogens with zero attached hydrogens (tertiary/aromatic N) is 1. The first-order valence-electron chi connectivity index (χ1n) is 17.6. The van der Waals surface area contributed by atoms with E-state index in [2.05, 4.69) is 76.9 Å². The van der Waals surface area contributed by atoms with Gasteiger partial charge >= 0.3 is 12.0 Å². The summed E-state index contributed by atoms with van der Waals surface area (Å²) in [5.74, 6) is 0.598. The van der Waals surface area contributed by atoms with E-state index in [1.807, 2.05) is 38.1 Å². The molecule has 0 fully saturated rings. The Balaban J connectivity index is 0.000000279.